The van der Waals surface area contributed by atoms with Crippen LogP contribution in [0.5, 0.6) is 5.75 Å². The molecule has 0 saturated heterocycles. The Bertz CT molecular complexity index is 895. The number of nitriles is 1. The minimum atomic E-state index is -0.566. The Morgan fingerprint density at radius 2 is 1.83 bits per heavy atom. The van der Waals surface area contributed by atoms with Gasteiger partial charge in [0.25, 0.3) is 5.91 Å². The topological polar surface area (TPSA) is 79.6 Å². The molecule has 0 heterocycles. The number of ether oxygens (including phenoxy) is 2. The first-order valence-electron chi connectivity index (χ1n) is 8.94. The van der Waals surface area contributed by atoms with Crippen molar-refractivity contribution in [2.75, 3.05) is 24.7 Å². The van der Waals surface area contributed by atoms with Crippen LogP contribution in [0.15, 0.2) is 42.5 Å². The Kier molecular flexibility index (Phi) is 8.78. The second-order valence-corrected chi connectivity index (χ2v) is 6.78. The first kappa shape index (κ1) is 22.5. The quantitative estimate of drug-likeness (QED) is 0.545. The molecular formula is C21H20Cl2N2O4. The van der Waals surface area contributed by atoms with E-state index in [4.69, 9.17) is 37.9 Å². The molecule has 152 valence electrons. The van der Waals surface area contributed by atoms with E-state index in [9.17, 15) is 9.59 Å². The summed E-state index contributed by atoms with van der Waals surface area (Å²) < 4.78 is 10.5. The molecule has 6 nitrogen and oxygen atoms in total. The smallest absolute Gasteiger partial charge is 0.310 e. The average molecular weight is 435 g/mol. The number of carbonyl (C=O) groups is 2. The normalized spacial score (nSPS) is 10.1. The van der Waals surface area contributed by atoms with Crippen molar-refractivity contribution in [1.29, 1.82) is 5.26 Å². The summed E-state index contributed by atoms with van der Waals surface area (Å²) in [5.41, 5.74) is 1.22. The lowest BCUT2D eigenvalue weighted by Crippen LogP contribution is -2.35. The molecule has 8 heteroatoms. The lowest BCUT2D eigenvalue weighted by atomic mass is 10.1. The van der Waals surface area contributed by atoms with Crippen LogP contribution in [0, 0.1) is 11.3 Å². The molecule has 0 atom stereocenters. The van der Waals surface area contributed by atoms with Gasteiger partial charge in [0.15, 0.2) is 6.61 Å². The maximum Gasteiger partial charge on any atom is 0.310 e. The molecule has 0 unspecified atom stereocenters. The summed E-state index contributed by atoms with van der Waals surface area (Å²) in [6.07, 6.45) is 0.113. The second-order valence-electron chi connectivity index (χ2n) is 5.97. The highest BCUT2D eigenvalue weighted by Gasteiger charge is 2.18. The van der Waals surface area contributed by atoms with Crippen molar-refractivity contribution in [2.24, 2.45) is 0 Å². The van der Waals surface area contributed by atoms with Gasteiger partial charge in [0, 0.05) is 12.2 Å². The standard InChI is InChI=1S/C21H20Cl2N2O4/c1-2-28-17-7-5-16(6-8-17)25(11-3-10-24)20(26)14-29-21(27)13-15-4-9-18(22)19(23)12-15/h4-9,12H,2-3,11,13-14H2,1H3. The van der Waals surface area contributed by atoms with Gasteiger partial charge in [-0.15, -0.1) is 0 Å². The zero-order valence-corrected chi connectivity index (χ0v) is 17.4. The molecule has 0 bridgehead atoms. The highest BCUT2D eigenvalue weighted by Crippen LogP contribution is 2.23. The number of hydrogen-bond acceptors (Lipinski definition) is 5. The van der Waals surface area contributed by atoms with E-state index in [1.165, 1.54) is 4.90 Å². The summed E-state index contributed by atoms with van der Waals surface area (Å²) in [6, 6.07) is 13.8. The predicted octanol–water partition coefficient (Wildman–Crippen LogP) is 4.42. The lowest BCUT2D eigenvalue weighted by molar-refractivity contribution is -0.147. The molecule has 0 saturated carbocycles. The minimum Gasteiger partial charge on any atom is -0.494 e. The number of rotatable bonds is 9. The van der Waals surface area contributed by atoms with E-state index in [1.54, 1.807) is 42.5 Å². The van der Waals surface area contributed by atoms with Gasteiger partial charge in [0.05, 0.1) is 35.6 Å². The van der Waals surface area contributed by atoms with Gasteiger partial charge in [-0.3, -0.25) is 9.59 Å². The summed E-state index contributed by atoms with van der Waals surface area (Å²) >= 11 is 11.8. The number of anilines is 1. The molecule has 0 fully saturated rings. The van der Waals surface area contributed by atoms with Crippen LogP contribution in [-0.4, -0.2) is 31.6 Å². The highest BCUT2D eigenvalue weighted by atomic mass is 35.5. The number of benzene rings is 2. The highest BCUT2D eigenvalue weighted by molar-refractivity contribution is 6.42. The van der Waals surface area contributed by atoms with Crippen molar-refractivity contribution in [1.82, 2.24) is 0 Å². The molecule has 0 spiro atoms. The first-order valence-corrected chi connectivity index (χ1v) is 9.70. The van der Waals surface area contributed by atoms with Gasteiger partial charge in [-0.1, -0.05) is 29.3 Å². The van der Waals surface area contributed by atoms with Gasteiger partial charge >= 0.3 is 5.97 Å². The van der Waals surface area contributed by atoms with Gasteiger partial charge in [0.2, 0.25) is 0 Å². The Labute approximate surface area is 179 Å². The van der Waals surface area contributed by atoms with Crippen LogP contribution in [0.25, 0.3) is 0 Å². The Balaban J connectivity index is 1.98. The molecule has 2 rings (SSSR count). The van der Waals surface area contributed by atoms with Crippen LogP contribution < -0.4 is 9.64 Å². The predicted molar refractivity (Wildman–Crippen MR) is 111 cm³/mol. The molecule has 0 aromatic heterocycles. The zero-order valence-electron chi connectivity index (χ0n) is 15.9. The van der Waals surface area contributed by atoms with Crippen LogP contribution in [0.3, 0.4) is 0 Å². The van der Waals surface area contributed by atoms with E-state index >= 15 is 0 Å². The number of halogens is 2. The van der Waals surface area contributed by atoms with Crippen molar-refractivity contribution in [3.05, 3.63) is 58.1 Å². The van der Waals surface area contributed by atoms with E-state index in [2.05, 4.69) is 0 Å². The summed E-state index contributed by atoms with van der Waals surface area (Å²) in [6.45, 7) is 2.17. The molecule has 2 aromatic carbocycles. The third kappa shape index (κ3) is 6.97. The molecule has 2 aromatic rings. The summed E-state index contributed by atoms with van der Waals surface area (Å²) in [4.78, 5) is 26.1. The summed E-state index contributed by atoms with van der Waals surface area (Å²) in [7, 11) is 0. The van der Waals surface area contributed by atoms with Gasteiger partial charge in [-0.05, 0) is 48.9 Å². The van der Waals surface area contributed by atoms with E-state index in [0.717, 1.165) is 0 Å². The van der Waals surface area contributed by atoms with Crippen LogP contribution in [0.2, 0.25) is 10.0 Å². The summed E-state index contributed by atoms with van der Waals surface area (Å²) in [5, 5.41) is 9.60. The fraction of sp³-hybridized carbons (Fsp3) is 0.286. The number of hydrogen-bond donors (Lipinski definition) is 0. The van der Waals surface area contributed by atoms with Crippen molar-refractivity contribution < 1.29 is 19.1 Å². The maximum absolute atomic E-state index is 12.6. The van der Waals surface area contributed by atoms with Gasteiger partial charge < -0.3 is 14.4 Å². The molecule has 1 amide bonds. The number of esters is 1. The van der Waals surface area contributed by atoms with Crippen LogP contribution >= 0.6 is 23.2 Å². The van der Waals surface area contributed by atoms with Gasteiger partial charge in [-0.2, -0.15) is 5.26 Å². The lowest BCUT2D eigenvalue weighted by Gasteiger charge is -2.22. The molecule has 0 N–H and O–H groups in total. The molecule has 0 aliphatic carbocycles. The van der Waals surface area contributed by atoms with Crippen LogP contribution in [-0.2, 0) is 20.7 Å². The zero-order chi connectivity index (χ0) is 21.2. The largest absolute Gasteiger partial charge is 0.494 e. The van der Waals surface area contributed by atoms with E-state index in [1.807, 2.05) is 13.0 Å². The van der Waals surface area contributed by atoms with Gasteiger partial charge in [-0.25, -0.2) is 0 Å². The molecule has 0 radical (unpaired) electrons. The van der Waals surface area contributed by atoms with Crippen molar-refractivity contribution in [3.8, 4) is 11.8 Å². The monoisotopic (exact) mass is 434 g/mol. The number of carbonyl (C=O) groups excluding carboxylic acids is 2. The molecule has 0 aliphatic heterocycles. The Morgan fingerprint density at radius 3 is 2.45 bits per heavy atom. The molecule has 0 aliphatic rings. The number of nitrogens with zero attached hydrogens (tertiary/aromatic N) is 2. The average Bonchev–Trinajstić information content (AvgIpc) is 2.71. The minimum absolute atomic E-state index is 0.0363. The van der Waals surface area contributed by atoms with Crippen molar-refractivity contribution in [3.63, 3.8) is 0 Å². The molecular weight excluding hydrogens is 415 g/mol. The van der Waals surface area contributed by atoms with Gasteiger partial charge in [0.1, 0.15) is 5.75 Å². The number of amides is 1. The van der Waals surface area contributed by atoms with Crippen LogP contribution in [0.4, 0.5) is 5.69 Å². The third-order valence-electron chi connectivity index (χ3n) is 3.90. The first-order chi connectivity index (χ1) is 13.9. The summed E-state index contributed by atoms with van der Waals surface area (Å²) in [5.74, 6) is -0.312. The van der Waals surface area contributed by atoms with Crippen molar-refractivity contribution in [2.45, 2.75) is 19.8 Å². The fourth-order valence-electron chi connectivity index (χ4n) is 2.54. The molecule has 29 heavy (non-hydrogen) atoms. The Morgan fingerprint density at radius 1 is 1.10 bits per heavy atom. The fourth-order valence-corrected chi connectivity index (χ4v) is 2.86. The maximum atomic E-state index is 12.6. The van der Waals surface area contributed by atoms with Crippen LogP contribution in [0.1, 0.15) is 18.9 Å². The van der Waals surface area contributed by atoms with E-state index in [-0.39, 0.29) is 19.4 Å². The SMILES string of the molecule is CCOc1ccc(N(CCC#N)C(=O)COC(=O)Cc2ccc(Cl)c(Cl)c2)cc1. The third-order valence-corrected chi connectivity index (χ3v) is 4.64. The van der Waals surface area contributed by atoms with E-state index < -0.39 is 18.5 Å². The van der Waals surface area contributed by atoms with Crippen molar-refractivity contribution >= 4 is 40.8 Å². The second kappa shape index (κ2) is 11.3. The Hall–Kier alpha value is -2.75. The van der Waals surface area contributed by atoms with E-state index in [0.29, 0.717) is 33.7 Å².